The number of nitrogens with one attached hydrogen (secondary N) is 1. The molecule has 0 unspecified atom stereocenters. The summed E-state index contributed by atoms with van der Waals surface area (Å²) in [5.41, 5.74) is 5.34. The van der Waals surface area contributed by atoms with Gasteiger partial charge in [-0.1, -0.05) is 54.6 Å². The summed E-state index contributed by atoms with van der Waals surface area (Å²) in [6.45, 7) is 2.67. The van der Waals surface area contributed by atoms with E-state index in [0.717, 1.165) is 16.3 Å². The van der Waals surface area contributed by atoms with Gasteiger partial charge in [-0.25, -0.2) is 13.4 Å². The maximum atomic E-state index is 13.3. The van der Waals surface area contributed by atoms with Crippen LogP contribution in [0.5, 0.6) is 0 Å². The zero-order valence-electron chi connectivity index (χ0n) is 20.9. The number of fused-ring (bicyclic) bond motifs is 1. The Morgan fingerprint density at radius 1 is 1.13 bits per heavy atom. The number of sulfonamides is 1. The molecule has 1 fully saturated rings. The van der Waals surface area contributed by atoms with Crippen LogP contribution in [-0.4, -0.2) is 49.6 Å². The van der Waals surface area contributed by atoms with Crippen LogP contribution in [-0.2, 0) is 19.6 Å². The first-order valence-corrected chi connectivity index (χ1v) is 14.8. The van der Waals surface area contributed by atoms with Crippen molar-refractivity contribution in [1.82, 2.24) is 9.29 Å². The summed E-state index contributed by atoms with van der Waals surface area (Å²) < 4.78 is 33.1. The second kappa shape index (κ2) is 11.4. The van der Waals surface area contributed by atoms with E-state index in [1.54, 1.807) is 31.3 Å². The van der Waals surface area contributed by atoms with Gasteiger partial charge in [0.1, 0.15) is 0 Å². The Morgan fingerprint density at radius 3 is 2.71 bits per heavy atom. The molecule has 0 aliphatic carbocycles. The average molecular weight is 549 g/mol. The molecule has 1 N–H and O–H groups in total. The van der Waals surface area contributed by atoms with Crippen molar-refractivity contribution in [2.24, 2.45) is 11.0 Å². The van der Waals surface area contributed by atoms with E-state index in [4.69, 9.17) is 4.74 Å². The third-order valence-corrected chi connectivity index (χ3v) is 9.17. The van der Waals surface area contributed by atoms with Crippen LogP contribution in [0.15, 0.2) is 82.1 Å². The Labute approximate surface area is 226 Å². The monoisotopic (exact) mass is 548 g/mol. The summed E-state index contributed by atoms with van der Waals surface area (Å²) in [4.78, 5) is 16.8. The first-order chi connectivity index (χ1) is 18.5. The fourth-order valence-corrected chi connectivity index (χ4v) is 6.72. The third-order valence-electron chi connectivity index (χ3n) is 6.53. The number of nitrogens with zero attached hydrogens (tertiary/aromatic N) is 3. The Balaban J connectivity index is 1.26. The minimum absolute atomic E-state index is 0.209. The molecule has 0 bridgehead atoms. The zero-order chi connectivity index (χ0) is 26.5. The van der Waals surface area contributed by atoms with E-state index in [1.807, 2.05) is 35.7 Å². The molecule has 0 spiro atoms. The van der Waals surface area contributed by atoms with E-state index < -0.39 is 10.0 Å². The van der Waals surface area contributed by atoms with Crippen molar-refractivity contribution in [3.63, 3.8) is 0 Å². The number of piperidine rings is 1. The summed E-state index contributed by atoms with van der Waals surface area (Å²) in [5.74, 6) is -0.502. The first-order valence-electron chi connectivity index (χ1n) is 12.5. The van der Waals surface area contributed by atoms with Crippen molar-refractivity contribution in [1.29, 1.82) is 0 Å². The number of rotatable bonds is 8. The Kier molecular flexibility index (Phi) is 7.82. The summed E-state index contributed by atoms with van der Waals surface area (Å²) in [7, 11) is -3.69. The largest absolute Gasteiger partial charge is 0.466 e. The van der Waals surface area contributed by atoms with Crippen molar-refractivity contribution in [2.75, 3.05) is 25.1 Å². The predicted molar refractivity (Wildman–Crippen MR) is 151 cm³/mol. The normalized spacial score (nSPS) is 15.2. The van der Waals surface area contributed by atoms with Gasteiger partial charge in [0.2, 0.25) is 15.2 Å². The summed E-state index contributed by atoms with van der Waals surface area (Å²) in [5, 5.41) is 9.08. The SMILES string of the molecule is CCOC(=O)C1CCN(S(=O)(=O)c2cccc(-c3csc(NN=Cc4cccc5ccccc45)n3)c2)CC1. The third kappa shape index (κ3) is 5.62. The number of thiazole rings is 1. The number of hydrogen-bond acceptors (Lipinski definition) is 8. The van der Waals surface area contributed by atoms with E-state index in [0.29, 0.717) is 35.8 Å². The predicted octanol–water partition coefficient (Wildman–Crippen LogP) is 5.37. The van der Waals surface area contributed by atoms with E-state index in [1.165, 1.54) is 15.6 Å². The number of esters is 1. The van der Waals surface area contributed by atoms with E-state index in [2.05, 4.69) is 33.7 Å². The van der Waals surface area contributed by atoms with Gasteiger partial charge in [0.15, 0.2) is 0 Å². The van der Waals surface area contributed by atoms with Gasteiger partial charge in [0, 0.05) is 29.6 Å². The van der Waals surface area contributed by atoms with Gasteiger partial charge >= 0.3 is 5.97 Å². The quantitative estimate of drug-likeness (QED) is 0.180. The number of carbonyl (C=O) groups excluding carboxylic acids is 1. The second-order valence-electron chi connectivity index (χ2n) is 8.93. The van der Waals surface area contributed by atoms with Crippen LogP contribution >= 0.6 is 11.3 Å². The molecular formula is C28H28N4O4S2. The number of benzene rings is 3. The molecule has 1 aliphatic rings. The average Bonchev–Trinajstić information content (AvgIpc) is 3.42. The maximum absolute atomic E-state index is 13.3. The molecule has 38 heavy (non-hydrogen) atoms. The fraction of sp³-hybridized carbons (Fsp3) is 0.250. The lowest BCUT2D eigenvalue weighted by Gasteiger charge is -2.30. The molecule has 196 valence electrons. The molecule has 10 heteroatoms. The van der Waals surface area contributed by atoms with Crippen LogP contribution in [0.2, 0.25) is 0 Å². The molecule has 2 heterocycles. The molecule has 5 rings (SSSR count). The Morgan fingerprint density at radius 2 is 1.89 bits per heavy atom. The number of carbonyl (C=O) groups is 1. The van der Waals surface area contributed by atoms with Crippen molar-refractivity contribution in [2.45, 2.75) is 24.7 Å². The van der Waals surface area contributed by atoms with Crippen LogP contribution in [0.1, 0.15) is 25.3 Å². The number of aromatic nitrogens is 1. The highest BCUT2D eigenvalue weighted by Gasteiger charge is 2.32. The lowest BCUT2D eigenvalue weighted by molar-refractivity contribution is -0.149. The second-order valence-corrected chi connectivity index (χ2v) is 11.7. The van der Waals surface area contributed by atoms with Gasteiger partial charge in [-0.3, -0.25) is 10.2 Å². The molecule has 1 aliphatic heterocycles. The van der Waals surface area contributed by atoms with Crippen LogP contribution in [0, 0.1) is 5.92 Å². The van der Waals surface area contributed by atoms with Gasteiger partial charge < -0.3 is 4.74 Å². The van der Waals surface area contributed by atoms with Crippen LogP contribution < -0.4 is 5.43 Å². The van der Waals surface area contributed by atoms with Crippen molar-refractivity contribution < 1.29 is 17.9 Å². The van der Waals surface area contributed by atoms with Gasteiger partial charge in [-0.15, -0.1) is 11.3 Å². The highest BCUT2D eigenvalue weighted by molar-refractivity contribution is 7.89. The van der Waals surface area contributed by atoms with Crippen molar-refractivity contribution >= 4 is 49.4 Å². The molecule has 0 amide bonds. The number of hydrazone groups is 1. The minimum atomic E-state index is -3.69. The molecular weight excluding hydrogens is 520 g/mol. The van der Waals surface area contributed by atoms with Crippen molar-refractivity contribution in [3.8, 4) is 11.3 Å². The van der Waals surface area contributed by atoms with E-state index in [9.17, 15) is 13.2 Å². The summed E-state index contributed by atoms with van der Waals surface area (Å²) >= 11 is 1.39. The zero-order valence-corrected chi connectivity index (χ0v) is 22.5. The lowest BCUT2D eigenvalue weighted by atomic mass is 9.98. The number of ether oxygens (including phenoxy) is 1. The minimum Gasteiger partial charge on any atom is -0.466 e. The molecule has 0 saturated carbocycles. The molecule has 8 nitrogen and oxygen atoms in total. The Bertz CT molecular complexity index is 1570. The smallest absolute Gasteiger partial charge is 0.309 e. The molecule has 0 radical (unpaired) electrons. The molecule has 1 aromatic heterocycles. The standard InChI is InChI=1S/C28H28N4O4S2/c1-2-36-27(33)21-13-15-32(16-14-21)38(34,35)24-11-6-9-22(17-24)26-19-37-28(30-26)31-29-18-23-10-5-8-20-7-3-4-12-25(20)23/h3-12,17-19,21H,2,13-16H2,1H3,(H,30,31). The number of anilines is 1. The fourth-order valence-electron chi connectivity index (χ4n) is 4.53. The Hall–Kier alpha value is -3.60. The summed E-state index contributed by atoms with van der Waals surface area (Å²) in [6.07, 6.45) is 2.68. The van der Waals surface area contributed by atoms with Crippen LogP contribution in [0.3, 0.4) is 0 Å². The van der Waals surface area contributed by atoms with E-state index >= 15 is 0 Å². The van der Waals surface area contributed by atoms with Gasteiger partial charge in [0.25, 0.3) is 0 Å². The molecule has 4 aromatic rings. The molecule has 0 atom stereocenters. The van der Waals surface area contributed by atoms with Crippen LogP contribution in [0.4, 0.5) is 5.13 Å². The van der Waals surface area contributed by atoms with E-state index in [-0.39, 0.29) is 29.9 Å². The molecule has 1 saturated heterocycles. The van der Waals surface area contributed by atoms with Crippen LogP contribution in [0.25, 0.3) is 22.0 Å². The highest BCUT2D eigenvalue weighted by atomic mass is 32.2. The highest BCUT2D eigenvalue weighted by Crippen LogP contribution is 2.29. The van der Waals surface area contributed by atoms with Crippen molar-refractivity contribution in [3.05, 3.63) is 77.7 Å². The van der Waals surface area contributed by atoms with Gasteiger partial charge in [-0.05, 0) is 42.7 Å². The van der Waals surface area contributed by atoms with Gasteiger partial charge in [0.05, 0.1) is 29.3 Å². The first kappa shape index (κ1) is 26.0. The van der Waals surface area contributed by atoms with Gasteiger partial charge in [-0.2, -0.15) is 9.41 Å². The molecule has 3 aromatic carbocycles. The topological polar surface area (TPSA) is 101 Å². The maximum Gasteiger partial charge on any atom is 0.309 e. The summed E-state index contributed by atoms with van der Waals surface area (Å²) in [6, 6.07) is 21.0. The number of hydrogen-bond donors (Lipinski definition) is 1. The lowest BCUT2D eigenvalue weighted by Crippen LogP contribution is -2.40.